The highest BCUT2D eigenvalue weighted by Gasteiger charge is 2.18. The van der Waals surface area contributed by atoms with Gasteiger partial charge in [-0.1, -0.05) is 15.9 Å². The highest BCUT2D eigenvalue weighted by molar-refractivity contribution is 9.10. The summed E-state index contributed by atoms with van der Waals surface area (Å²) in [4.78, 5) is 0. The second kappa shape index (κ2) is 5.14. The van der Waals surface area contributed by atoms with Gasteiger partial charge in [-0.15, -0.1) is 11.6 Å². The summed E-state index contributed by atoms with van der Waals surface area (Å²) in [6, 6.07) is 3.84. The van der Waals surface area contributed by atoms with Gasteiger partial charge in [0.15, 0.2) is 0 Å². The minimum Gasteiger partial charge on any atom is -0.493 e. The van der Waals surface area contributed by atoms with Crippen molar-refractivity contribution in [1.82, 2.24) is 4.72 Å². The molecule has 1 aliphatic heterocycles. The number of fused-ring (bicyclic) bond motifs is 1. The molecule has 1 heterocycles. The van der Waals surface area contributed by atoms with Crippen LogP contribution in [-0.4, -0.2) is 20.2 Å². The Hall–Kier alpha value is -0.300. The molecule has 0 saturated carbocycles. The zero-order valence-corrected chi connectivity index (χ0v) is 12.0. The third-order valence-corrected chi connectivity index (χ3v) is 4.64. The third-order valence-electron chi connectivity index (χ3n) is 2.45. The molecule has 1 N–H and O–H groups in total. The molecule has 4 nitrogen and oxygen atoms in total. The molecule has 0 aromatic heterocycles. The van der Waals surface area contributed by atoms with Gasteiger partial charge in [0.1, 0.15) is 11.0 Å². The van der Waals surface area contributed by atoms with Crippen molar-refractivity contribution >= 4 is 37.6 Å². The Bertz CT molecular complexity index is 533. The molecule has 7 heteroatoms. The topological polar surface area (TPSA) is 55.4 Å². The number of alkyl halides is 1. The third kappa shape index (κ3) is 3.13. The zero-order chi connectivity index (χ0) is 12.5. The molecule has 0 spiro atoms. The lowest BCUT2D eigenvalue weighted by atomic mass is 10.1. The summed E-state index contributed by atoms with van der Waals surface area (Å²) in [5.74, 6) is 0.783. The number of ether oxygens (including phenoxy) is 1. The minimum absolute atomic E-state index is 0.191. The Morgan fingerprint density at radius 3 is 2.94 bits per heavy atom. The first-order valence-corrected chi connectivity index (χ1v) is 7.97. The molecule has 0 aliphatic carbocycles. The van der Waals surface area contributed by atoms with Crippen LogP contribution in [0.5, 0.6) is 5.75 Å². The Morgan fingerprint density at radius 2 is 2.24 bits per heavy atom. The van der Waals surface area contributed by atoms with E-state index in [1.54, 1.807) is 0 Å². The molecule has 2 rings (SSSR count). The van der Waals surface area contributed by atoms with E-state index >= 15 is 0 Å². The summed E-state index contributed by atoms with van der Waals surface area (Å²) >= 11 is 8.71. The first-order valence-electron chi connectivity index (χ1n) is 4.99. The summed E-state index contributed by atoms with van der Waals surface area (Å²) in [6.45, 7) is 0.831. The van der Waals surface area contributed by atoms with E-state index in [0.717, 1.165) is 27.8 Å². The predicted molar refractivity (Wildman–Crippen MR) is 69.8 cm³/mol. The van der Waals surface area contributed by atoms with Crippen LogP contribution in [0.1, 0.15) is 11.1 Å². The normalized spacial score (nSPS) is 14.5. The predicted octanol–water partition coefficient (Wildman–Crippen LogP) is 2.00. The molecule has 0 radical (unpaired) electrons. The van der Waals surface area contributed by atoms with Crippen LogP contribution >= 0.6 is 27.5 Å². The van der Waals surface area contributed by atoms with Gasteiger partial charge in [0.2, 0.25) is 10.0 Å². The van der Waals surface area contributed by atoms with Crippen molar-refractivity contribution in [1.29, 1.82) is 0 Å². The maximum Gasteiger partial charge on any atom is 0.225 e. The van der Waals surface area contributed by atoms with Crippen LogP contribution in [0.4, 0.5) is 0 Å². The lowest BCUT2D eigenvalue weighted by molar-refractivity contribution is 0.353. The minimum atomic E-state index is -3.40. The van der Waals surface area contributed by atoms with Crippen molar-refractivity contribution in [2.24, 2.45) is 0 Å². The molecule has 0 saturated heterocycles. The molecule has 17 heavy (non-hydrogen) atoms. The van der Waals surface area contributed by atoms with Crippen LogP contribution in [0, 0.1) is 0 Å². The molecule has 1 aliphatic rings. The van der Waals surface area contributed by atoms with E-state index in [0.29, 0.717) is 6.61 Å². The maximum atomic E-state index is 11.3. The van der Waals surface area contributed by atoms with E-state index in [1.165, 1.54) is 0 Å². The van der Waals surface area contributed by atoms with Gasteiger partial charge in [-0.2, -0.15) is 0 Å². The number of halogens is 2. The second-order valence-corrected chi connectivity index (χ2v) is 7.00. The molecular formula is C10H11BrClNO3S. The largest absolute Gasteiger partial charge is 0.493 e. The summed E-state index contributed by atoms with van der Waals surface area (Å²) in [6.07, 6.45) is 0.851. The maximum absolute atomic E-state index is 11.3. The molecule has 94 valence electrons. The zero-order valence-electron chi connectivity index (χ0n) is 8.87. The van der Waals surface area contributed by atoms with Gasteiger partial charge in [-0.25, -0.2) is 13.1 Å². The summed E-state index contributed by atoms with van der Waals surface area (Å²) in [5.41, 5.74) is 1.92. The number of sulfonamides is 1. The van der Waals surface area contributed by atoms with E-state index < -0.39 is 15.2 Å². The smallest absolute Gasteiger partial charge is 0.225 e. The highest BCUT2D eigenvalue weighted by atomic mass is 79.9. The Morgan fingerprint density at radius 1 is 1.47 bits per heavy atom. The van der Waals surface area contributed by atoms with E-state index in [1.807, 2.05) is 12.1 Å². The summed E-state index contributed by atoms with van der Waals surface area (Å²) < 4.78 is 31.4. The average Bonchev–Trinajstić information content (AvgIpc) is 2.73. The molecule has 0 amide bonds. The highest BCUT2D eigenvalue weighted by Crippen LogP contribution is 2.32. The first kappa shape index (κ1) is 13.1. The van der Waals surface area contributed by atoms with Crippen molar-refractivity contribution in [2.45, 2.75) is 13.0 Å². The van der Waals surface area contributed by atoms with Gasteiger partial charge in [0, 0.05) is 23.0 Å². The van der Waals surface area contributed by atoms with Gasteiger partial charge in [-0.05, 0) is 17.7 Å². The molecule has 0 unspecified atom stereocenters. The van der Waals surface area contributed by atoms with Crippen LogP contribution in [0.25, 0.3) is 0 Å². The Balaban J connectivity index is 2.22. The summed E-state index contributed by atoms with van der Waals surface area (Å²) in [7, 11) is -3.40. The van der Waals surface area contributed by atoms with E-state index in [9.17, 15) is 8.42 Å². The molecule has 1 aromatic rings. The van der Waals surface area contributed by atoms with Crippen LogP contribution in [-0.2, 0) is 23.0 Å². The molecule has 0 atom stereocenters. The fourth-order valence-corrected chi connectivity index (χ4v) is 2.94. The van der Waals surface area contributed by atoms with E-state index in [4.69, 9.17) is 16.3 Å². The average molecular weight is 341 g/mol. The van der Waals surface area contributed by atoms with Gasteiger partial charge < -0.3 is 4.74 Å². The first-order chi connectivity index (χ1) is 8.02. The number of benzene rings is 1. The van der Waals surface area contributed by atoms with Gasteiger partial charge in [0.05, 0.1) is 6.61 Å². The van der Waals surface area contributed by atoms with Crippen molar-refractivity contribution in [3.63, 3.8) is 0 Å². The number of nitrogens with one attached hydrogen (secondary N) is 1. The van der Waals surface area contributed by atoms with Gasteiger partial charge in [-0.3, -0.25) is 0 Å². The molecule has 0 fully saturated rings. The monoisotopic (exact) mass is 339 g/mol. The van der Waals surface area contributed by atoms with E-state index in [-0.39, 0.29) is 6.54 Å². The Labute approximate surface area is 113 Å². The van der Waals surface area contributed by atoms with Gasteiger partial charge in [0.25, 0.3) is 0 Å². The standard InChI is InChI=1S/C10H11BrClNO3S/c11-9-3-7-1-2-16-10(7)8(4-9)5-13-17(14,15)6-12/h3-4,13H,1-2,5-6H2. The van der Waals surface area contributed by atoms with Crippen LogP contribution < -0.4 is 9.46 Å². The lowest BCUT2D eigenvalue weighted by Gasteiger charge is -2.09. The molecule has 0 bridgehead atoms. The van der Waals surface area contributed by atoms with Crippen molar-refractivity contribution in [2.75, 3.05) is 11.8 Å². The van der Waals surface area contributed by atoms with Crippen LogP contribution in [0.2, 0.25) is 0 Å². The van der Waals surface area contributed by atoms with Crippen LogP contribution in [0.3, 0.4) is 0 Å². The SMILES string of the molecule is O=S(=O)(CCl)NCc1cc(Br)cc2c1OCC2. The summed E-state index contributed by atoms with van der Waals surface area (Å²) in [5, 5.41) is -0.440. The molecular weight excluding hydrogens is 330 g/mol. The molecule has 1 aromatic carbocycles. The lowest BCUT2D eigenvalue weighted by Crippen LogP contribution is -2.24. The second-order valence-electron chi connectivity index (χ2n) is 3.70. The van der Waals surface area contributed by atoms with Crippen LogP contribution in [0.15, 0.2) is 16.6 Å². The number of hydrogen-bond acceptors (Lipinski definition) is 3. The van der Waals surface area contributed by atoms with Crippen molar-refractivity contribution in [3.8, 4) is 5.75 Å². The van der Waals surface area contributed by atoms with Crippen molar-refractivity contribution < 1.29 is 13.2 Å². The number of rotatable bonds is 4. The fraction of sp³-hybridized carbons (Fsp3) is 0.400. The van der Waals surface area contributed by atoms with Crippen molar-refractivity contribution in [3.05, 3.63) is 27.7 Å². The fourth-order valence-electron chi connectivity index (χ4n) is 1.70. The quantitative estimate of drug-likeness (QED) is 0.853. The van der Waals surface area contributed by atoms with Gasteiger partial charge >= 0.3 is 0 Å². The van der Waals surface area contributed by atoms with E-state index in [2.05, 4.69) is 20.7 Å². The Kier molecular flexibility index (Phi) is 3.97. The number of hydrogen-bond donors (Lipinski definition) is 1.